The molecular formula is C20H20N2O4. The number of carboxylic acid groups (broad SMARTS) is 1. The molecule has 6 nitrogen and oxygen atoms in total. The van der Waals surface area contributed by atoms with E-state index >= 15 is 0 Å². The summed E-state index contributed by atoms with van der Waals surface area (Å²) in [7, 11) is 1.60. The molecule has 0 aliphatic carbocycles. The average molecular weight is 352 g/mol. The summed E-state index contributed by atoms with van der Waals surface area (Å²) in [6.45, 7) is 2.66. The normalized spacial score (nSPS) is 10.5. The van der Waals surface area contributed by atoms with Crippen LogP contribution in [-0.2, 0) is 13.2 Å². The number of aromatic nitrogens is 2. The zero-order chi connectivity index (χ0) is 18.5. The zero-order valence-corrected chi connectivity index (χ0v) is 14.7. The van der Waals surface area contributed by atoms with Crippen molar-refractivity contribution in [1.82, 2.24) is 9.78 Å². The van der Waals surface area contributed by atoms with Gasteiger partial charge in [0.15, 0.2) is 5.69 Å². The van der Waals surface area contributed by atoms with Crippen molar-refractivity contribution < 1.29 is 19.4 Å². The molecule has 1 aromatic heterocycles. The standard InChI is InChI=1S/C20H20N2O4/c1-14-10-18(20(23)24)21-22(14)12-16-11-17(25-2)8-9-19(16)26-13-15-6-4-3-5-7-15/h3-11H,12-13H2,1-2H3,(H,23,24). The van der Waals surface area contributed by atoms with Crippen LogP contribution in [0.4, 0.5) is 0 Å². The molecular weight excluding hydrogens is 332 g/mol. The smallest absolute Gasteiger partial charge is 0.356 e. The number of methoxy groups -OCH3 is 1. The molecule has 0 atom stereocenters. The minimum atomic E-state index is -1.04. The predicted molar refractivity (Wildman–Crippen MR) is 96.8 cm³/mol. The molecule has 26 heavy (non-hydrogen) atoms. The third-order valence-electron chi connectivity index (χ3n) is 4.03. The Balaban J connectivity index is 1.85. The van der Waals surface area contributed by atoms with E-state index in [4.69, 9.17) is 14.6 Å². The lowest BCUT2D eigenvalue weighted by Crippen LogP contribution is -2.08. The molecule has 0 saturated carbocycles. The van der Waals surface area contributed by atoms with E-state index in [1.165, 1.54) is 0 Å². The second kappa shape index (κ2) is 7.74. The molecule has 6 heteroatoms. The van der Waals surface area contributed by atoms with Crippen LogP contribution in [0.25, 0.3) is 0 Å². The van der Waals surface area contributed by atoms with Crippen LogP contribution in [0.1, 0.15) is 27.3 Å². The third kappa shape index (κ3) is 4.03. The number of hydrogen-bond acceptors (Lipinski definition) is 4. The largest absolute Gasteiger partial charge is 0.497 e. The average Bonchev–Trinajstić information content (AvgIpc) is 3.02. The lowest BCUT2D eigenvalue weighted by molar-refractivity contribution is 0.0689. The van der Waals surface area contributed by atoms with E-state index < -0.39 is 5.97 Å². The summed E-state index contributed by atoms with van der Waals surface area (Å²) in [6, 6.07) is 17.0. The Kier molecular flexibility index (Phi) is 5.22. The number of aromatic carboxylic acids is 1. The second-order valence-electron chi connectivity index (χ2n) is 5.88. The Labute approximate surface area is 151 Å². The molecule has 0 aliphatic heterocycles. The van der Waals surface area contributed by atoms with Gasteiger partial charge in [0.2, 0.25) is 0 Å². The van der Waals surface area contributed by atoms with Crippen molar-refractivity contribution in [2.75, 3.05) is 7.11 Å². The van der Waals surface area contributed by atoms with Crippen LogP contribution in [0.15, 0.2) is 54.6 Å². The van der Waals surface area contributed by atoms with Crippen molar-refractivity contribution in [1.29, 1.82) is 0 Å². The van der Waals surface area contributed by atoms with Gasteiger partial charge in [0, 0.05) is 11.3 Å². The Bertz CT molecular complexity index is 903. The highest BCUT2D eigenvalue weighted by molar-refractivity contribution is 5.85. The van der Waals surface area contributed by atoms with Gasteiger partial charge in [-0.15, -0.1) is 0 Å². The Morgan fingerprint density at radius 1 is 1.15 bits per heavy atom. The topological polar surface area (TPSA) is 73.6 Å². The summed E-state index contributed by atoms with van der Waals surface area (Å²) in [6.07, 6.45) is 0. The number of aryl methyl sites for hydroxylation is 1. The van der Waals surface area contributed by atoms with Crippen LogP contribution >= 0.6 is 0 Å². The number of rotatable bonds is 7. The molecule has 1 heterocycles. The first-order chi connectivity index (χ1) is 12.6. The van der Waals surface area contributed by atoms with Gasteiger partial charge in [-0.1, -0.05) is 30.3 Å². The molecule has 0 spiro atoms. The highest BCUT2D eigenvalue weighted by Gasteiger charge is 2.13. The number of carboxylic acids is 1. The maximum Gasteiger partial charge on any atom is 0.356 e. The molecule has 0 radical (unpaired) electrons. The Morgan fingerprint density at radius 2 is 1.92 bits per heavy atom. The minimum Gasteiger partial charge on any atom is -0.497 e. The van der Waals surface area contributed by atoms with Crippen molar-refractivity contribution in [2.24, 2.45) is 0 Å². The third-order valence-corrected chi connectivity index (χ3v) is 4.03. The van der Waals surface area contributed by atoms with Crippen molar-refractivity contribution in [3.63, 3.8) is 0 Å². The SMILES string of the molecule is COc1ccc(OCc2ccccc2)c(Cn2nc(C(=O)O)cc2C)c1. The predicted octanol–water partition coefficient (Wildman–Crippen LogP) is 3.53. The summed E-state index contributed by atoms with van der Waals surface area (Å²) >= 11 is 0. The molecule has 0 saturated heterocycles. The zero-order valence-electron chi connectivity index (χ0n) is 14.7. The van der Waals surface area contributed by atoms with E-state index in [2.05, 4.69) is 5.10 Å². The molecule has 0 fully saturated rings. The molecule has 134 valence electrons. The van der Waals surface area contributed by atoms with Crippen LogP contribution < -0.4 is 9.47 Å². The summed E-state index contributed by atoms with van der Waals surface area (Å²) in [4.78, 5) is 11.1. The number of nitrogens with zero attached hydrogens (tertiary/aromatic N) is 2. The summed E-state index contributed by atoms with van der Waals surface area (Å²) in [5.74, 6) is 0.370. The van der Waals surface area contributed by atoms with E-state index in [1.807, 2.05) is 55.5 Å². The molecule has 3 rings (SSSR count). The van der Waals surface area contributed by atoms with Gasteiger partial charge in [0.25, 0.3) is 0 Å². The lowest BCUT2D eigenvalue weighted by atomic mass is 10.1. The highest BCUT2D eigenvalue weighted by atomic mass is 16.5. The van der Waals surface area contributed by atoms with Crippen molar-refractivity contribution >= 4 is 5.97 Å². The Morgan fingerprint density at radius 3 is 2.58 bits per heavy atom. The van der Waals surface area contributed by atoms with Crippen molar-refractivity contribution in [3.05, 3.63) is 77.1 Å². The second-order valence-corrected chi connectivity index (χ2v) is 5.88. The van der Waals surface area contributed by atoms with Gasteiger partial charge in [0.1, 0.15) is 18.1 Å². The van der Waals surface area contributed by atoms with Gasteiger partial charge < -0.3 is 14.6 Å². The molecule has 0 amide bonds. The summed E-state index contributed by atoms with van der Waals surface area (Å²) < 4.78 is 12.9. The first-order valence-electron chi connectivity index (χ1n) is 8.18. The van der Waals surface area contributed by atoms with Crippen LogP contribution in [-0.4, -0.2) is 28.0 Å². The summed E-state index contributed by atoms with van der Waals surface area (Å²) in [5.41, 5.74) is 2.72. The maximum absolute atomic E-state index is 11.1. The van der Waals surface area contributed by atoms with Gasteiger partial charge in [0.05, 0.1) is 13.7 Å². The van der Waals surface area contributed by atoms with Gasteiger partial charge in [-0.3, -0.25) is 4.68 Å². The van der Waals surface area contributed by atoms with Crippen molar-refractivity contribution in [3.8, 4) is 11.5 Å². The van der Waals surface area contributed by atoms with E-state index in [-0.39, 0.29) is 5.69 Å². The molecule has 2 aromatic carbocycles. The summed E-state index contributed by atoms with van der Waals surface area (Å²) in [5, 5.41) is 13.3. The molecule has 0 unspecified atom stereocenters. The van der Waals surface area contributed by atoms with Crippen LogP contribution in [0.3, 0.4) is 0 Å². The van der Waals surface area contributed by atoms with E-state index in [0.717, 1.165) is 16.8 Å². The minimum absolute atomic E-state index is 0.0251. The number of benzene rings is 2. The van der Waals surface area contributed by atoms with Crippen LogP contribution in [0, 0.1) is 6.92 Å². The van der Waals surface area contributed by atoms with E-state index in [9.17, 15) is 4.79 Å². The number of ether oxygens (including phenoxy) is 2. The first-order valence-corrected chi connectivity index (χ1v) is 8.18. The van der Waals surface area contributed by atoms with Gasteiger partial charge in [-0.05, 0) is 36.8 Å². The van der Waals surface area contributed by atoms with Crippen LogP contribution in [0.5, 0.6) is 11.5 Å². The number of hydrogen-bond donors (Lipinski definition) is 1. The monoisotopic (exact) mass is 352 g/mol. The maximum atomic E-state index is 11.1. The molecule has 3 aromatic rings. The highest BCUT2D eigenvalue weighted by Crippen LogP contribution is 2.26. The lowest BCUT2D eigenvalue weighted by Gasteiger charge is -2.14. The van der Waals surface area contributed by atoms with Gasteiger partial charge >= 0.3 is 5.97 Å². The van der Waals surface area contributed by atoms with Crippen LogP contribution in [0.2, 0.25) is 0 Å². The quantitative estimate of drug-likeness (QED) is 0.704. The fourth-order valence-electron chi connectivity index (χ4n) is 2.62. The molecule has 1 N–H and O–H groups in total. The fourth-order valence-corrected chi connectivity index (χ4v) is 2.62. The van der Waals surface area contributed by atoms with E-state index in [1.54, 1.807) is 17.9 Å². The molecule has 0 bridgehead atoms. The molecule has 0 aliphatic rings. The van der Waals surface area contributed by atoms with Crippen molar-refractivity contribution in [2.45, 2.75) is 20.1 Å². The van der Waals surface area contributed by atoms with E-state index in [0.29, 0.717) is 24.7 Å². The number of carbonyl (C=O) groups is 1. The fraction of sp³-hybridized carbons (Fsp3) is 0.200. The van der Waals surface area contributed by atoms with Gasteiger partial charge in [-0.25, -0.2) is 4.79 Å². The first kappa shape index (κ1) is 17.5. The Hall–Kier alpha value is -3.28. The van der Waals surface area contributed by atoms with Gasteiger partial charge in [-0.2, -0.15) is 5.10 Å².